The molecule has 0 fully saturated rings. The molecule has 0 radical (unpaired) electrons. The molecule has 0 rings (SSSR count). The Balaban J connectivity index is -0.000000252. The third-order valence-corrected chi connectivity index (χ3v) is 1.45. The van der Waals surface area contributed by atoms with Crippen molar-refractivity contribution >= 4 is 23.9 Å². The number of carbonyl (C=O) groups excluding carboxylic acids is 1. The molecule has 0 saturated heterocycles. The first-order chi connectivity index (χ1) is 9.86. The van der Waals surface area contributed by atoms with Gasteiger partial charge in [-0.25, -0.2) is 14.4 Å². The Hall–Kier alpha value is -2.72. The highest BCUT2D eigenvalue weighted by molar-refractivity contribution is 5.86. The van der Waals surface area contributed by atoms with Gasteiger partial charge in [-0.05, 0) is 13.8 Å². The third-order valence-electron chi connectivity index (χ3n) is 1.45. The molecule has 0 aliphatic rings. The fourth-order valence-electron chi connectivity index (χ4n) is 0.331. The van der Waals surface area contributed by atoms with E-state index >= 15 is 0 Å². The van der Waals surface area contributed by atoms with Gasteiger partial charge in [0.2, 0.25) is 0 Å². The summed E-state index contributed by atoms with van der Waals surface area (Å²) < 4.78 is 0. The molecule has 1 unspecified atom stereocenters. The predicted molar refractivity (Wildman–Crippen MR) is 71.9 cm³/mol. The van der Waals surface area contributed by atoms with Crippen molar-refractivity contribution in [3.05, 3.63) is 24.3 Å². The summed E-state index contributed by atoms with van der Waals surface area (Å²) in [4.78, 5) is 42.2. The topological polar surface area (TPSA) is 179 Å². The fraction of sp³-hybridized carbons (Fsp3) is 0.333. The van der Waals surface area contributed by atoms with Crippen molar-refractivity contribution in [1.29, 1.82) is 0 Å². The maximum Gasteiger partial charge on any atom is 0.367 e. The molecule has 0 aromatic heterocycles. The van der Waals surface area contributed by atoms with Gasteiger partial charge in [0, 0.05) is 11.1 Å². The summed E-state index contributed by atoms with van der Waals surface area (Å²) in [7, 11) is 0. The zero-order valence-corrected chi connectivity index (χ0v) is 12.0. The normalized spacial score (nSPS) is 9.64. The van der Waals surface area contributed by atoms with Gasteiger partial charge >= 0.3 is 23.9 Å². The lowest BCUT2D eigenvalue weighted by Crippen LogP contribution is -2.22. The second-order valence-corrected chi connectivity index (χ2v) is 3.70. The molecule has 0 aromatic carbocycles. The van der Waals surface area contributed by atoms with Gasteiger partial charge in [-0.2, -0.15) is 5.26 Å². The van der Waals surface area contributed by atoms with Crippen LogP contribution >= 0.6 is 0 Å². The molecule has 5 N–H and O–H groups in total. The SMILES string of the molecule is C=C(C)C(=O)O.C=C(C)C(=O)OO.O=C(O)CC(O)C(=O)O. The summed E-state index contributed by atoms with van der Waals surface area (Å²) in [5.41, 5.74) is 0.359. The standard InChI is InChI=1S/C4H6O5.C4H6O3.C4H6O2/c5-2(4(8)9)1-3(6)7;1-3(2)4(5)7-6;1-3(2)4(5)6/h2,5H,1H2,(H,6,7)(H,8,9);6H,1H2,2H3;1H2,2H3,(H,5,6). The molecule has 0 aliphatic carbocycles. The Kier molecular flexibility index (Phi) is 14.7. The molecule has 0 aliphatic heterocycles. The lowest BCUT2D eigenvalue weighted by atomic mass is 10.3. The first kappa shape index (κ1) is 24.3. The predicted octanol–water partition coefficient (Wildman–Crippen LogP) is 0.132. The van der Waals surface area contributed by atoms with Crippen molar-refractivity contribution in [3.63, 3.8) is 0 Å². The van der Waals surface area contributed by atoms with E-state index in [0.717, 1.165) is 0 Å². The van der Waals surface area contributed by atoms with Gasteiger partial charge in [0.25, 0.3) is 0 Å². The second-order valence-electron chi connectivity index (χ2n) is 3.70. The van der Waals surface area contributed by atoms with Crippen LogP contribution in [-0.4, -0.2) is 55.7 Å². The number of aliphatic hydroxyl groups excluding tert-OH is 1. The van der Waals surface area contributed by atoms with Gasteiger partial charge in [0.1, 0.15) is 0 Å². The van der Waals surface area contributed by atoms with Gasteiger partial charge in [-0.1, -0.05) is 13.2 Å². The molecule has 0 amide bonds. The fourth-order valence-corrected chi connectivity index (χ4v) is 0.331. The highest BCUT2D eigenvalue weighted by Crippen LogP contribution is 1.89. The molecule has 0 aromatic rings. The maximum atomic E-state index is 9.94. The minimum atomic E-state index is -1.79. The minimum absolute atomic E-state index is 0.176. The first-order valence-electron chi connectivity index (χ1n) is 5.39. The Labute approximate surface area is 125 Å². The molecule has 10 nitrogen and oxygen atoms in total. The number of hydrogen-bond acceptors (Lipinski definition) is 7. The third kappa shape index (κ3) is 19.6. The lowest BCUT2D eigenvalue weighted by molar-refractivity contribution is -0.229. The molecule has 1 atom stereocenters. The molecule has 126 valence electrons. The number of aliphatic hydroxyl groups is 1. The van der Waals surface area contributed by atoms with E-state index in [1.807, 2.05) is 0 Å². The maximum absolute atomic E-state index is 9.94. The monoisotopic (exact) mass is 322 g/mol. The first-order valence-corrected chi connectivity index (χ1v) is 5.39. The van der Waals surface area contributed by atoms with Crippen molar-refractivity contribution in [2.45, 2.75) is 26.4 Å². The Morgan fingerprint density at radius 3 is 1.41 bits per heavy atom. The summed E-state index contributed by atoms with van der Waals surface area (Å²) >= 11 is 0. The van der Waals surface area contributed by atoms with E-state index in [9.17, 15) is 19.2 Å². The van der Waals surface area contributed by atoms with Crippen LogP contribution in [0.2, 0.25) is 0 Å². The molecule has 22 heavy (non-hydrogen) atoms. The van der Waals surface area contributed by atoms with Crippen LogP contribution < -0.4 is 0 Å². The zero-order chi connectivity index (χ0) is 18.5. The average Bonchev–Trinajstić information content (AvgIpc) is 2.37. The van der Waals surface area contributed by atoms with Crippen molar-refractivity contribution < 1.29 is 49.7 Å². The molecular formula is C12H18O10. The summed E-state index contributed by atoms with van der Waals surface area (Å²) in [5.74, 6) is -4.57. The van der Waals surface area contributed by atoms with Crippen molar-refractivity contribution in [2.24, 2.45) is 0 Å². The van der Waals surface area contributed by atoms with E-state index in [-0.39, 0.29) is 11.1 Å². The van der Waals surface area contributed by atoms with Crippen molar-refractivity contribution in [3.8, 4) is 0 Å². The van der Waals surface area contributed by atoms with Crippen LogP contribution in [0, 0.1) is 0 Å². The summed E-state index contributed by atoms with van der Waals surface area (Å²) in [6.45, 7) is 9.24. The Morgan fingerprint density at radius 2 is 1.36 bits per heavy atom. The molecule has 0 bridgehead atoms. The van der Waals surface area contributed by atoms with Crippen LogP contribution in [-0.2, 0) is 24.1 Å². The van der Waals surface area contributed by atoms with E-state index < -0.39 is 36.4 Å². The number of rotatable bonds is 5. The highest BCUT2D eigenvalue weighted by Gasteiger charge is 2.16. The zero-order valence-electron chi connectivity index (χ0n) is 12.0. The van der Waals surface area contributed by atoms with E-state index in [1.54, 1.807) is 0 Å². The number of carboxylic acids is 3. The number of hydrogen-bond donors (Lipinski definition) is 5. The van der Waals surface area contributed by atoms with Crippen molar-refractivity contribution in [2.75, 3.05) is 0 Å². The van der Waals surface area contributed by atoms with Gasteiger partial charge in [0.05, 0.1) is 6.42 Å². The van der Waals surface area contributed by atoms with Crippen molar-refractivity contribution in [1.82, 2.24) is 0 Å². The van der Waals surface area contributed by atoms with Crippen LogP contribution in [0.4, 0.5) is 0 Å². The van der Waals surface area contributed by atoms with Gasteiger partial charge in [-0.15, -0.1) is 0 Å². The van der Waals surface area contributed by atoms with Gasteiger partial charge in [-0.3, -0.25) is 9.68 Å². The second kappa shape index (κ2) is 13.3. The molecular weight excluding hydrogens is 304 g/mol. The van der Waals surface area contributed by atoms with E-state index in [2.05, 4.69) is 18.0 Å². The van der Waals surface area contributed by atoms with Crippen LogP contribution in [0.5, 0.6) is 0 Å². The van der Waals surface area contributed by atoms with Crippen LogP contribution in [0.1, 0.15) is 20.3 Å². The molecule has 0 saturated carbocycles. The smallest absolute Gasteiger partial charge is 0.367 e. The molecule has 0 spiro atoms. The van der Waals surface area contributed by atoms with Gasteiger partial charge < -0.3 is 20.4 Å². The van der Waals surface area contributed by atoms with Crippen LogP contribution in [0.25, 0.3) is 0 Å². The van der Waals surface area contributed by atoms with Crippen LogP contribution in [0.3, 0.4) is 0 Å². The largest absolute Gasteiger partial charge is 0.481 e. The summed E-state index contributed by atoms with van der Waals surface area (Å²) in [6, 6.07) is 0. The lowest BCUT2D eigenvalue weighted by Gasteiger charge is -1.97. The number of carbonyl (C=O) groups is 4. The van der Waals surface area contributed by atoms with E-state index in [1.165, 1.54) is 13.8 Å². The minimum Gasteiger partial charge on any atom is -0.481 e. The van der Waals surface area contributed by atoms with E-state index in [0.29, 0.717) is 0 Å². The Bertz CT molecular complexity index is 425. The quantitative estimate of drug-likeness (QED) is 0.265. The summed E-state index contributed by atoms with van der Waals surface area (Å²) in [6.07, 6.45) is -2.54. The molecule has 10 heteroatoms. The van der Waals surface area contributed by atoms with Gasteiger partial charge in [0.15, 0.2) is 6.10 Å². The summed E-state index contributed by atoms with van der Waals surface area (Å²) in [5, 5.41) is 39.6. The van der Waals surface area contributed by atoms with Crippen LogP contribution in [0.15, 0.2) is 24.3 Å². The molecule has 0 heterocycles. The highest BCUT2D eigenvalue weighted by atomic mass is 17.1. The van der Waals surface area contributed by atoms with E-state index in [4.69, 9.17) is 25.7 Å². The average molecular weight is 322 g/mol. The number of aliphatic carboxylic acids is 3. The Morgan fingerprint density at radius 1 is 1.00 bits per heavy atom. The number of carboxylic acid groups (broad SMARTS) is 3.